The third-order valence-corrected chi connectivity index (χ3v) is 2.79. The van der Waals surface area contributed by atoms with Gasteiger partial charge in [0, 0.05) is 5.56 Å². The molecule has 5 nitrogen and oxygen atoms in total. The van der Waals surface area contributed by atoms with E-state index < -0.39 is 6.04 Å². The van der Waals surface area contributed by atoms with Crippen molar-refractivity contribution in [2.45, 2.75) is 19.4 Å². The topological polar surface area (TPSA) is 83.8 Å². The monoisotopic (exact) mass is 244 g/mol. The Morgan fingerprint density at radius 1 is 1.44 bits per heavy atom. The van der Waals surface area contributed by atoms with E-state index in [-0.39, 0.29) is 5.91 Å². The summed E-state index contributed by atoms with van der Waals surface area (Å²) >= 11 is 0. The highest BCUT2D eigenvalue weighted by Crippen LogP contribution is 2.15. The first-order valence-corrected chi connectivity index (χ1v) is 5.86. The number of aromatic amines is 1. The van der Waals surface area contributed by atoms with E-state index in [0.29, 0.717) is 5.82 Å². The second-order valence-corrected chi connectivity index (χ2v) is 4.00. The fraction of sp³-hybridized carbons (Fsp3) is 0.231. The molecule has 1 aromatic carbocycles. The van der Waals surface area contributed by atoms with Crippen LogP contribution in [-0.2, 0) is 11.2 Å². The van der Waals surface area contributed by atoms with Crippen molar-refractivity contribution in [2.75, 3.05) is 5.32 Å². The number of H-pyrrole nitrogens is 1. The Morgan fingerprint density at radius 2 is 2.17 bits per heavy atom. The van der Waals surface area contributed by atoms with E-state index in [1.807, 2.05) is 37.3 Å². The first-order chi connectivity index (χ1) is 8.72. The zero-order valence-electron chi connectivity index (χ0n) is 10.2. The van der Waals surface area contributed by atoms with Crippen LogP contribution in [0.5, 0.6) is 0 Å². The number of hydrogen-bond acceptors (Lipinski definition) is 3. The molecule has 0 radical (unpaired) electrons. The lowest BCUT2D eigenvalue weighted by atomic mass is 10.1. The van der Waals surface area contributed by atoms with Crippen molar-refractivity contribution in [2.24, 2.45) is 5.73 Å². The van der Waals surface area contributed by atoms with Gasteiger partial charge in [-0.3, -0.25) is 9.89 Å². The quantitative estimate of drug-likeness (QED) is 0.764. The van der Waals surface area contributed by atoms with E-state index in [0.717, 1.165) is 17.5 Å². The van der Waals surface area contributed by atoms with Crippen LogP contribution in [0, 0.1) is 0 Å². The molecule has 0 fully saturated rings. The first-order valence-electron chi connectivity index (χ1n) is 5.86. The largest absolute Gasteiger partial charge is 0.316 e. The lowest BCUT2D eigenvalue weighted by Crippen LogP contribution is -2.28. The number of nitrogens with one attached hydrogen (secondary N) is 2. The Hall–Kier alpha value is -2.14. The van der Waals surface area contributed by atoms with Gasteiger partial charge in [-0.1, -0.05) is 37.3 Å². The average molecular weight is 244 g/mol. The Bertz CT molecular complexity index is 521. The van der Waals surface area contributed by atoms with Crippen molar-refractivity contribution in [3.8, 4) is 0 Å². The van der Waals surface area contributed by atoms with E-state index in [1.54, 1.807) is 6.20 Å². The van der Waals surface area contributed by atoms with E-state index in [4.69, 9.17) is 5.73 Å². The molecule has 1 amide bonds. The van der Waals surface area contributed by atoms with E-state index in [2.05, 4.69) is 15.5 Å². The smallest absolute Gasteiger partial charge is 0.247 e. The molecular weight excluding hydrogens is 228 g/mol. The zero-order valence-corrected chi connectivity index (χ0v) is 10.2. The lowest BCUT2D eigenvalue weighted by molar-refractivity contribution is -0.117. The maximum atomic E-state index is 12.0. The number of aryl methyl sites for hydroxylation is 1. The summed E-state index contributed by atoms with van der Waals surface area (Å²) in [6.45, 7) is 2.00. The zero-order chi connectivity index (χ0) is 13.0. The third kappa shape index (κ3) is 2.57. The van der Waals surface area contributed by atoms with Crippen LogP contribution in [0.1, 0.15) is 24.1 Å². The van der Waals surface area contributed by atoms with Gasteiger partial charge < -0.3 is 11.1 Å². The highest BCUT2D eigenvalue weighted by atomic mass is 16.2. The number of rotatable bonds is 4. The summed E-state index contributed by atoms with van der Waals surface area (Å²) in [4.78, 5) is 12.0. The number of aromatic nitrogens is 2. The van der Waals surface area contributed by atoms with Gasteiger partial charge in [-0.25, -0.2) is 0 Å². The Morgan fingerprint density at radius 3 is 2.83 bits per heavy atom. The molecule has 0 unspecified atom stereocenters. The van der Waals surface area contributed by atoms with Gasteiger partial charge in [0.1, 0.15) is 11.9 Å². The van der Waals surface area contributed by atoms with Crippen LogP contribution in [0.3, 0.4) is 0 Å². The van der Waals surface area contributed by atoms with Gasteiger partial charge in [-0.05, 0) is 12.0 Å². The van der Waals surface area contributed by atoms with Crippen LogP contribution >= 0.6 is 0 Å². The molecular formula is C13H16N4O. The average Bonchev–Trinajstić information content (AvgIpc) is 2.86. The molecule has 0 spiro atoms. The molecule has 0 bridgehead atoms. The summed E-state index contributed by atoms with van der Waals surface area (Å²) in [5.41, 5.74) is 7.65. The summed E-state index contributed by atoms with van der Waals surface area (Å²) in [6, 6.07) is 8.58. The molecule has 2 rings (SSSR count). The number of hydrogen-bond donors (Lipinski definition) is 3. The first kappa shape index (κ1) is 12.3. The fourth-order valence-corrected chi connectivity index (χ4v) is 1.70. The van der Waals surface area contributed by atoms with Crippen molar-refractivity contribution in [1.82, 2.24) is 10.2 Å². The third-order valence-electron chi connectivity index (χ3n) is 2.79. The number of nitrogens with two attached hydrogens (primary N) is 1. The van der Waals surface area contributed by atoms with Gasteiger partial charge in [0.15, 0.2) is 0 Å². The van der Waals surface area contributed by atoms with E-state index in [9.17, 15) is 4.79 Å². The minimum absolute atomic E-state index is 0.250. The molecule has 0 aliphatic carbocycles. The molecule has 2 aromatic rings. The number of amides is 1. The summed E-state index contributed by atoms with van der Waals surface area (Å²) in [6.07, 6.45) is 2.50. The molecule has 94 valence electrons. The summed E-state index contributed by atoms with van der Waals surface area (Å²) < 4.78 is 0. The molecule has 1 atom stereocenters. The van der Waals surface area contributed by atoms with Crippen LogP contribution in [0.15, 0.2) is 36.5 Å². The van der Waals surface area contributed by atoms with Gasteiger partial charge >= 0.3 is 0 Å². The highest BCUT2D eigenvalue weighted by molar-refractivity contribution is 5.95. The Kier molecular flexibility index (Phi) is 3.74. The molecule has 1 heterocycles. The predicted molar refractivity (Wildman–Crippen MR) is 70.0 cm³/mol. The standard InChI is InChI=1S/C13H16N4O/c1-2-9-8-15-17-12(9)16-13(18)11(14)10-6-4-3-5-7-10/h3-8,11H,2,14H2,1H3,(H2,15,16,17,18)/t11-/m1/s1. The van der Waals surface area contributed by atoms with Gasteiger partial charge in [0.2, 0.25) is 5.91 Å². The van der Waals surface area contributed by atoms with Crippen molar-refractivity contribution in [1.29, 1.82) is 0 Å². The van der Waals surface area contributed by atoms with E-state index >= 15 is 0 Å². The SMILES string of the molecule is CCc1cn[nH]c1NC(=O)[C@H](N)c1ccccc1. The Balaban J connectivity index is 2.09. The van der Waals surface area contributed by atoms with Gasteiger partial charge in [-0.15, -0.1) is 0 Å². The molecule has 5 heteroatoms. The van der Waals surface area contributed by atoms with Crippen LogP contribution in [-0.4, -0.2) is 16.1 Å². The molecule has 0 saturated carbocycles. The molecule has 1 aromatic heterocycles. The normalized spacial score (nSPS) is 12.1. The predicted octanol–water partition coefficient (Wildman–Crippen LogP) is 1.61. The number of benzene rings is 1. The van der Waals surface area contributed by atoms with Crippen molar-refractivity contribution in [3.63, 3.8) is 0 Å². The number of nitrogens with zero attached hydrogens (tertiary/aromatic N) is 1. The molecule has 4 N–H and O–H groups in total. The fourth-order valence-electron chi connectivity index (χ4n) is 1.70. The highest BCUT2D eigenvalue weighted by Gasteiger charge is 2.17. The van der Waals surface area contributed by atoms with Crippen LogP contribution in [0.2, 0.25) is 0 Å². The minimum Gasteiger partial charge on any atom is -0.316 e. The number of carbonyl (C=O) groups excluding carboxylic acids is 1. The molecule has 0 aliphatic heterocycles. The number of carbonyl (C=O) groups is 1. The van der Waals surface area contributed by atoms with Crippen LogP contribution in [0.25, 0.3) is 0 Å². The van der Waals surface area contributed by atoms with Gasteiger partial charge in [0.25, 0.3) is 0 Å². The summed E-state index contributed by atoms with van der Waals surface area (Å²) in [5.74, 6) is 0.369. The van der Waals surface area contributed by atoms with Crippen molar-refractivity contribution in [3.05, 3.63) is 47.7 Å². The second-order valence-electron chi connectivity index (χ2n) is 4.00. The second kappa shape index (κ2) is 5.46. The lowest BCUT2D eigenvalue weighted by Gasteiger charge is -2.12. The molecule has 18 heavy (non-hydrogen) atoms. The van der Waals surface area contributed by atoms with Gasteiger partial charge in [0.05, 0.1) is 6.20 Å². The maximum absolute atomic E-state index is 12.0. The molecule has 0 aliphatic rings. The minimum atomic E-state index is -0.681. The van der Waals surface area contributed by atoms with Crippen LogP contribution in [0.4, 0.5) is 5.82 Å². The Labute approximate surface area is 105 Å². The number of anilines is 1. The maximum Gasteiger partial charge on any atom is 0.247 e. The van der Waals surface area contributed by atoms with Gasteiger partial charge in [-0.2, -0.15) is 5.10 Å². The molecule has 0 saturated heterocycles. The summed E-state index contributed by atoms with van der Waals surface area (Å²) in [5, 5.41) is 9.41. The van der Waals surface area contributed by atoms with Crippen molar-refractivity contribution < 1.29 is 4.79 Å². The van der Waals surface area contributed by atoms with Crippen LogP contribution < -0.4 is 11.1 Å². The van der Waals surface area contributed by atoms with E-state index in [1.165, 1.54) is 0 Å². The summed E-state index contributed by atoms with van der Waals surface area (Å²) in [7, 11) is 0. The van der Waals surface area contributed by atoms with Crippen molar-refractivity contribution >= 4 is 11.7 Å².